The quantitative estimate of drug-likeness (QED) is 0.702. The van der Waals surface area contributed by atoms with Crippen LogP contribution >= 0.6 is 0 Å². The SMILES string of the molecule is N#Cc1c(N)[nH]c(=O)c(C#N)c1-c1ccc(F)cc1OCc1cc(F)ccc1F. The van der Waals surface area contributed by atoms with Crippen LogP contribution in [0.15, 0.2) is 41.2 Å². The van der Waals surface area contributed by atoms with Crippen molar-refractivity contribution in [2.45, 2.75) is 6.61 Å². The fourth-order valence-electron chi connectivity index (χ4n) is 2.74. The van der Waals surface area contributed by atoms with Gasteiger partial charge >= 0.3 is 0 Å². The van der Waals surface area contributed by atoms with Crippen molar-refractivity contribution in [3.05, 3.63) is 80.9 Å². The Morgan fingerprint density at radius 2 is 1.66 bits per heavy atom. The second-order valence-corrected chi connectivity index (χ2v) is 5.88. The number of aromatic nitrogens is 1. The molecule has 0 atom stereocenters. The van der Waals surface area contributed by atoms with Gasteiger partial charge in [-0.2, -0.15) is 10.5 Å². The van der Waals surface area contributed by atoms with Crippen molar-refractivity contribution in [3.8, 4) is 29.0 Å². The van der Waals surface area contributed by atoms with Crippen molar-refractivity contribution >= 4 is 5.82 Å². The standard InChI is InChI=1S/C20H11F3N4O2/c21-11-2-4-16(23)10(5-11)9-29-17-6-12(22)1-3-13(17)18-14(7-24)19(26)27-20(28)15(18)8-25/h1-6H,9H2,(H3,26,27,28). The van der Waals surface area contributed by atoms with Gasteiger partial charge in [0.2, 0.25) is 0 Å². The lowest BCUT2D eigenvalue weighted by Crippen LogP contribution is -2.16. The number of aromatic amines is 1. The van der Waals surface area contributed by atoms with E-state index in [1.165, 1.54) is 6.07 Å². The predicted molar refractivity (Wildman–Crippen MR) is 97.0 cm³/mol. The molecule has 6 nitrogen and oxygen atoms in total. The molecule has 2 aromatic carbocycles. The minimum atomic E-state index is -0.842. The highest BCUT2D eigenvalue weighted by Crippen LogP contribution is 2.36. The van der Waals surface area contributed by atoms with Gasteiger partial charge < -0.3 is 15.5 Å². The topological polar surface area (TPSA) is 116 Å². The van der Waals surface area contributed by atoms with Crippen LogP contribution in [-0.4, -0.2) is 4.98 Å². The van der Waals surface area contributed by atoms with Crippen LogP contribution in [0.5, 0.6) is 5.75 Å². The van der Waals surface area contributed by atoms with E-state index in [-0.39, 0.29) is 33.8 Å². The monoisotopic (exact) mass is 396 g/mol. The third-order valence-electron chi connectivity index (χ3n) is 4.07. The molecular weight excluding hydrogens is 385 g/mol. The second kappa shape index (κ2) is 7.79. The first-order chi connectivity index (χ1) is 13.8. The molecule has 0 unspecified atom stereocenters. The summed E-state index contributed by atoms with van der Waals surface area (Å²) < 4.78 is 46.5. The van der Waals surface area contributed by atoms with Crippen LogP contribution in [0.4, 0.5) is 19.0 Å². The average molecular weight is 396 g/mol. The van der Waals surface area contributed by atoms with E-state index in [9.17, 15) is 28.5 Å². The minimum absolute atomic E-state index is 0.0223. The van der Waals surface area contributed by atoms with Crippen LogP contribution in [0.1, 0.15) is 16.7 Å². The van der Waals surface area contributed by atoms with Gasteiger partial charge in [-0.05, 0) is 30.3 Å². The van der Waals surface area contributed by atoms with Crippen LogP contribution in [0.25, 0.3) is 11.1 Å². The Labute approximate surface area is 162 Å². The molecule has 9 heteroatoms. The molecule has 0 bridgehead atoms. The first kappa shape index (κ1) is 19.5. The number of pyridine rings is 1. The average Bonchev–Trinajstić information content (AvgIpc) is 2.68. The van der Waals surface area contributed by atoms with Crippen molar-refractivity contribution in [2.75, 3.05) is 5.73 Å². The van der Waals surface area contributed by atoms with Crippen molar-refractivity contribution in [1.82, 2.24) is 4.98 Å². The van der Waals surface area contributed by atoms with Gasteiger partial charge in [0.05, 0.1) is 0 Å². The van der Waals surface area contributed by atoms with Crippen molar-refractivity contribution in [2.24, 2.45) is 0 Å². The van der Waals surface area contributed by atoms with Crippen LogP contribution in [0.2, 0.25) is 0 Å². The van der Waals surface area contributed by atoms with Gasteiger partial charge in [0.15, 0.2) is 0 Å². The lowest BCUT2D eigenvalue weighted by molar-refractivity contribution is 0.299. The Hall–Kier alpha value is -4.24. The summed E-state index contributed by atoms with van der Waals surface area (Å²) in [4.78, 5) is 14.3. The predicted octanol–water partition coefficient (Wildman–Crippen LogP) is 3.36. The summed E-state index contributed by atoms with van der Waals surface area (Å²) in [6, 6.07) is 9.41. The van der Waals surface area contributed by atoms with Crippen molar-refractivity contribution in [3.63, 3.8) is 0 Å². The van der Waals surface area contributed by atoms with Gasteiger partial charge in [0, 0.05) is 22.8 Å². The van der Waals surface area contributed by atoms with Crippen LogP contribution in [0.3, 0.4) is 0 Å². The van der Waals surface area contributed by atoms with E-state index in [0.29, 0.717) is 0 Å². The smallest absolute Gasteiger partial charge is 0.268 e. The molecule has 144 valence electrons. The molecule has 0 saturated carbocycles. The van der Waals surface area contributed by atoms with Crippen molar-refractivity contribution < 1.29 is 17.9 Å². The number of H-pyrrole nitrogens is 1. The Kier molecular flexibility index (Phi) is 5.24. The van der Waals surface area contributed by atoms with E-state index in [1.807, 2.05) is 0 Å². The fourth-order valence-corrected chi connectivity index (χ4v) is 2.74. The first-order valence-electron chi connectivity index (χ1n) is 8.08. The van der Waals surface area contributed by atoms with Gasteiger partial charge in [0.25, 0.3) is 5.56 Å². The van der Waals surface area contributed by atoms with Crippen LogP contribution in [0, 0.1) is 40.1 Å². The van der Waals surface area contributed by atoms with E-state index in [1.54, 1.807) is 12.1 Å². The summed E-state index contributed by atoms with van der Waals surface area (Å²) >= 11 is 0. The Bertz CT molecular complexity index is 1260. The number of nitrogens with one attached hydrogen (secondary N) is 1. The molecule has 0 aliphatic heterocycles. The molecule has 0 radical (unpaired) electrons. The number of nitrogens with zero attached hydrogens (tertiary/aromatic N) is 2. The Morgan fingerprint density at radius 1 is 1.00 bits per heavy atom. The maximum absolute atomic E-state index is 13.8. The summed E-state index contributed by atoms with van der Waals surface area (Å²) in [6.45, 7) is -0.470. The number of rotatable bonds is 4. The molecule has 3 N–H and O–H groups in total. The zero-order valence-electron chi connectivity index (χ0n) is 14.6. The highest BCUT2D eigenvalue weighted by molar-refractivity contribution is 5.83. The second-order valence-electron chi connectivity index (χ2n) is 5.88. The molecule has 0 spiro atoms. The maximum Gasteiger partial charge on any atom is 0.268 e. The number of ether oxygens (including phenoxy) is 1. The zero-order valence-corrected chi connectivity index (χ0v) is 14.6. The molecule has 3 rings (SSSR count). The number of nitriles is 2. The molecule has 0 aliphatic rings. The zero-order chi connectivity index (χ0) is 21.1. The minimum Gasteiger partial charge on any atom is -0.488 e. The summed E-state index contributed by atoms with van der Waals surface area (Å²) in [6.07, 6.45) is 0. The number of halogens is 3. The Morgan fingerprint density at radius 3 is 2.34 bits per heavy atom. The highest BCUT2D eigenvalue weighted by atomic mass is 19.1. The molecule has 29 heavy (non-hydrogen) atoms. The van der Waals surface area contributed by atoms with Crippen LogP contribution < -0.4 is 16.0 Å². The van der Waals surface area contributed by atoms with E-state index < -0.39 is 35.2 Å². The number of anilines is 1. The summed E-state index contributed by atoms with van der Waals surface area (Å²) in [5.74, 6) is -2.62. The molecule has 0 saturated heterocycles. The molecule has 0 aliphatic carbocycles. The molecule has 3 aromatic rings. The highest BCUT2D eigenvalue weighted by Gasteiger charge is 2.22. The maximum atomic E-state index is 13.8. The number of benzene rings is 2. The largest absolute Gasteiger partial charge is 0.488 e. The van der Waals surface area contributed by atoms with Gasteiger partial charge in [-0.15, -0.1) is 0 Å². The van der Waals surface area contributed by atoms with E-state index in [0.717, 1.165) is 30.3 Å². The van der Waals surface area contributed by atoms with Gasteiger partial charge in [0.1, 0.15) is 58.9 Å². The van der Waals surface area contributed by atoms with Gasteiger partial charge in [-0.25, -0.2) is 13.2 Å². The number of nitrogens with two attached hydrogens (primary N) is 1. The molecule has 0 fully saturated rings. The number of hydrogen-bond donors (Lipinski definition) is 2. The lowest BCUT2D eigenvalue weighted by atomic mass is 9.96. The molecule has 0 amide bonds. The fraction of sp³-hybridized carbons (Fsp3) is 0.0500. The third kappa shape index (κ3) is 3.75. The third-order valence-corrected chi connectivity index (χ3v) is 4.07. The summed E-state index contributed by atoms with van der Waals surface area (Å²) in [5.41, 5.74) is 3.94. The van der Waals surface area contributed by atoms with Gasteiger partial charge in [-0.1, -0.05) is 0 Å². The van der Waals surface area contributed by atoms with E-state index >= 15 is 0 Å². The lowest BCUT2D eigenvalue weighted by Gasteiger charge is -2.15. The van der Waals surface area contributed by atoms with Gasteiger partial charge in [-0.3, -0.25) is 4.79 Å². The normalized spacial score (nSPS) is 10.2. The van der Waals surface area contributed by atoms with Crippen LogP contribution in [-0.2, 0) is 6.61 Å². The summed E-state index contributed by atoms with van der Waals surface area (Å²) in [7, 11) is 0. The first-order valence-corrected chi connectivity index (χ1v) is 8.08. The molecule has 1 aromatic heterocycles. The summed E-state index contributed by atoms with van der Waals surface area (Å²) in [5, 5.41) is 18.8. The Balaban J connectivity index is 2.17. The van der Waals surface area contributed by atoms with Crippen molar-refractivity contribution in [1.29, 1.82) is 10.5 Å². The van der Waals surface area contributed by atoms with E-state index in [2.05, 4.69) is 4.98 Å². The van der Waals surface area contributed by atoms with E-state index in [4.69, 9.17) is 10.5 Å². The number of hydrogen-bond acceptors (Lipinski definition) is 5. The number of nitrogen functional groups attached to an aromatic ring is 1. The molecular formula is C20H11F3N4O2. The molecule has 1 heterocycles.